The highest BCUT2D eigenvalue weighted by Gasteiger charge is 2.21. The van der Waals surface area contributed by atoms with Crippen LogP contribution in [0.1, 0.15) is 25.3 Å². The van der Waals surface area contributed by atoms with Gasteiger partial charge in [0.2, 0.25) is 5.88 Å². The summed E-state index contributed by atoms with van der Waals surface area (Å²) in [6.45, 7) is 5.97. The van der Waals surface area contributed by atoms with E-state index in [2.05, 4.69) is 27.1 Å². The van der Waals surface area contributed by atoms with Crippen LogP contribution in [0.2, 0.25) is 0 Å². The van der Waals surface area contributed by atoms with E-state index in [0.717, 1.165) is 43.7 Å². The molecule has 0 saturated heterocycles. The minimum absolute atomic E-state index is 0. The third kappa shape index (κ3) is 7.65. The van der Waals surface area contributed by atoms with Gasteiger partial charge in [-0.05, 0) is 37.3 Å². The summed E-state index contributed by atoms with van der Waals surface area (Å²) >= 11 is 0. The molecule has 1 heterocycles. The SMILES string of the molecule is CCNC(=NCc1ccnc(OC)c1)N(C)CCOCC1CC1.I. The van der Waals surface area contributed by atoms with Gasteiger partial charge in [-0.25, -0.2) is 9.98 Å². The van der Waals surface area contributed by atoms with E-state index in [1.807, 2.05) is 19.2 Å². The second kappa shape index (κ2) is 11.5. The monoisotopic (exact) mass is 448 g/mol. The summed E-state index contributed by atoms with van der Waals surface area (Å²) < 4.78 is 10.8. The lowest BCUT2D eigenvalue weighted by molar-refractivity contribution is 0.115. The molecule has 24 heavy (non-hydrogen) atoms. The van der Waals surface area contributed by atoms with E-state index in [-0.39, 0.29) is 24.0 Å². The van der Waals surface area contributed by atoms with Crippen LogP contribution in [-0.2, 0) is 11.3 Å². The molecule has 1 N–H and O–H groups in total. The van der Waals surface area contributed by atoms with Crippen LogP contribution in [0.3, 0.4) is 0 Å². The van der Waals surface area contributed by atoms with Crippen molar-refractivity contribution in [2.45, 2.75) is 26.3 Å². The Bertz CT molecular complexity index is 509. The van der Waals surface area contributed by atoms with E-state index >= 15 is 0 Å². The van der Waals surface area contributed by atoms with E-state index in [9.17, 15) is 0 Å². The Morgan fingerprint density at radius 2 is 2.25 bits per heavy atom. The Kier molecular flexibility index (Phi) is 10.0. The van der Waals surface area contributed by atoms with Gasteiger partial charge in [0.25, 0.3) is 0 Å². The molecular weight excluding hydrogens is 419 g/mol. The van der Waals surface area contributed by atoms with Crippen molar-refractivity contribution in [1.82, 2.24) is 15.2 Å². The van der Waals surface area contributed by atoms with E-state index in [4.69, 9.17) is 9.47 Å². The number of halogens is 1. The summed E-state index contributed by atoms with van der Waals surface area (Å²) in [6, 6.07) is 3.86. The summed E-state index contributed by atoms with van der Waals surface area (Å²) in [5.74, 6) is 2.31. The minimum Gasteiger partial charge on any atom is -0.481 e. The van der Waals surface area contributed by atoms with Gasteiger partial charge in [0, 0.05) is 39.0 Å². The zero-order valence-corrected chi connectivity index (χ0v) is 17.2. The molecule has 1 aliphatic rings. The summed E-state index contributed by atoms with van der Waals surface area (Å²) in [7, 11) is 3.66. The highest BCUT2D eigenvalue weighted by atomic mass is 127. The first kappa shape index (κ1) is 21.0. The number of ether oxygens (including phenoxy) is 2. The average molecular weight is 448 g/mol. The number of aliphatic imine (C=N–C) groups is 1. The molecule has 0 amide bonds. The van der Waals surface area contributed by atoms with Crippen LogP contribution in [0.4, 0.5) is 0 Å². The number of likely N-dealkylation sites (N-methyl/N-ethyl adjacent to an activating group) is 1. The second-order valence-corrected chi connectivity index (χ2v) is 5.82. The maximum absolute atomic E-state index is 5.70. The van der Waals surface area contributed by atoms with Crippen LogP contribution >= 0.6 is 24.0 Å². The Labute approximate surface area is 162 Å². The zero-order chi connectivity index (χ0) is 16.5. The van der Waals surface area contributed by atoms with Gasteiger partial charge in [-0.1, -0.05) is 0 Å². The highest BCUT2D eigenvalue weighted by molar-refractivity contribution is 14.0. The van der Waals surface area contributed by atoms with E-state index < -0.39 is 0 Å². The van der Waals surface area contributed by atoms with Crippen LogP contribution in [0.5, 0.6) is 5.88 Å². The van der Waals surface area contributed by atoms with Crippen molar-refractivity contribution in [3.63, 3.8) is 0 Å². The maximum Gasteiger partial charge on any atom is 0.213 e. The number of rotatable bonds is 9. The Morgan fingerprint density at radius 1 is 1.46 bits per heavy atom. The third-order valence-corrected chi connectivity index (χ3v) is 3.74. The minimum atomic E-state index is 0. The molecule has 1 aliphatic carbocycles. The molecule has 2 rings (SSSR count). The van der Waals surface area contributed by atoms with Crippen molar-refractivity contribution in [2.75, 3.05) is 40.5 Å². The first-order chi connectivity index (χ1) is 11.2. The molecule has 0 aromatic carbocycles. The summed E-state index contributed by atoms with van der Waals surface area (Å²) in [6.07, 6.45) is 4.40. The van der Waals surface area contributed by atoms with Gasteiger partial charge in [-0.2, -0.15) is 0 Å². The second-order valence-electron chi connectivity index (χ2n) is 5.82. The molecule has 0 radical (unpaired) electrons. The lowest BCUT2D eigenvalue weighted by Crippen LogP contribution is -2.40. The summed E-state index contributed by atoms with van der Waals surface area (Å²) in [5.41, 5.74) is 1.07. The molecule has 1 aromatic rings. The third-order valence-electron chi connectivity index (χ3n) is 3.74. The molecule has 0 spiro atoms. The van der Waals surface area contributed by atoms with Crippen molar-refractivity contribution < 1.29 is 9.47 Å². The van der Waals surface area contributed by atoms with Crippen molar-refractivity contribution in [3.8, 4) is 5.88 Å². The van der Waals surface area contributed by atoms with E-state index in [0.29, 0.717) is 12.4 Å². The van der Waals surface area contributed by atoms with Crippen molar-refractivity contribution in [1.29, 1.82) is 0 Å². The van der Waals surface area contributed by atoms with Crippen molar-refractivity contribution >= 4 is 29.9 Å². The van der Waals surface area contributed by atoms with Crippen LogP contribution < -0.4 is 10.1 Å². The number of methoxy groups -OCH3 is 1. The van der Waals surface area contributed by atoms with Gasteiger partial charge < -0.3 is 19.7 Å². The first-order valence-corrected chi connectivity index (χ1v) is 8.29. The lowest BCUT2D eigenvalue weighted by Gasteiger charge is -2.22. The molecule has 1 aromatic heterocycles. The molecular formula is C17H29IN4O2. The fourth-order valence-corrected chi connectivity index (χ4v) is 2.14. The smallest absolute Gasteiger partial charge is 0.213 e. The van der Waals surface area contributed by atoms with Gasteiger partial charge >= 0.3 is 0 Å². The highest BCUT2D eigenvalue weighted by Crippen LogP contribution is 2.28. The predicted molar refractivity (Wildman–Crippen MR) is 107 cm³/mol. The van der Waals surface area contributed by atoms with Crippen molar-refractivity contribution in [2.24, 2.45) is 10.9 Å². The molecule has 6 nitrogen and oxygen atoms in total. The molecule has 0 unspecified atom stereocenters. The number of nitrogens with zero attached hydrogens (tertiary/aromatic N) is 3. The number of hydrogen-bond donors (Lipinski definition) is 1. The van der Waals surface area contributed by atoms with E-state index in [1.54, 1.807) is 13.3 Å². The number of hydrogen-bond acceptors (Lipinski definition) is 4. The Morgan fingerprint density at radius 3 is 2.92 bits per heavy atom. The van der Waals surface area contributed by atoms with Crippen LogP contribution in [0.15, 0.2) is 23.3 Å². The molecule has 7 heteroatoms. The molecule has 0 bridgehead atoms. The number of pyridine rings is 1. The predicted octanol–water partition coefficient (Wildman–Crippen LogP) is 2.53. The fraction of sp³-hybridized carbons (Fsp3) is 0.647. The number of aromatic nitrogens is 1. The van der Waals surface area contributed by atoms with Gasteiger partial charge in [0.15, 0.2) is 5.96 Å². The van der Waals surface area contributed by atoms with Crippen LogP contribution in [-0.4, -0.2) is 56.3 Å². The normalized spacial score (nSPS) is 14.0. The van der Waals surface area contributed by atoms with Crippen LogP contribution in [0.25, 0.3) is 0 Å². The number of guanidine groups is 1. The lowest BCUT2D eigenvalue weighted by atomic mass is 10.3. The Hall–Kier alpha value is -1.09. The molecule has 0 aliphatic heterocycles. The van der Waals surface area contributed by atoms with E-state index in [1.165, 1.54) is 12.8 Å². The first-order valence-electron chi connectivity index (χ1n) is 8.29. The average Bonchev–Trinajstić information content (AvgIpc) is 3.39. The van der Waals surface area contributed by atoms with Gasteiger partial charge in [-0.3, -0.25) is 0 Å². The topological polar surface area (TPSA) is 59.0 Å². The Balaban J connectivity index is 0.00000288. The maximum atomic E-state index is 5.70. The number of nitrogens with one attached hydrogen (secondary N) is 1. The standard InChI is InChI=1S/C17H28N4O2.HI/c1-4-18-17(21(2)9-10-23-13-14-5-6-14)20-12-15-7-8-19-16(11-15)22-3;/h7-8,11,14H,4-6,9-10,12-13H2,1-3H3,(H,18,20);1H. The molecule has 1 saturated carbocycles. The van der Waals surface area contributed by atoms with Gasteiger partial charge in [0.1, 0.15) is 0 Å². The van der Waals surface area contributed by atoms with Gasteiger partial charge in [-0.15, -0.1) is 24.0 Å². The fourth-order valence-electron chi connectivity index (χ4n) is 2.14. The molecule has 136 valence electrons. The molecule has 1 fully saturated rings. The quantitative estimate of drug-likeness (QED) is 0.272. The summed E-state index contributed by atoms with van der Waals surface area (Å²) in [4.78, 5) is 10.9. The zero-order valence-electron chi connectivity index (χ0n) is 14.8. The molecule has 0 atom stereocenters. The van der Waals surface area contributed by atoms with Gasteiger partial charge in [0.05, 0.1) is 20.3 Å². The van der Waals surface area contributed by atoms with Crippen molar-refractivity contribution in [3.05, 3.63) is 23.9 Å². The van der Waals surface area contributed by atoms with Crippen LogP contribution in [0, 0.1) is 5.92 Å². The summed E-state index contributed by atoms with van der Waals surface area (Å²) in [5, 5.41) is 3.32. The largest absolute Gasteiger partial charge is 0.481 e.